The molecule has 0 aliphatic rings. The molecule has 0 aromatic carbocycles. The molecule has 0 rings (SSSR count). The Labute approximate surface area is 108 Å². The normalized spacial score (nSPS) is 9.88. The van der Waals surface area contributed by atoms with Gasteiger partial charge in [0.1, 0.15) is 0 Å². The summed E-state index contributed by atoms with van der Waals surface area (Å²) < 4.78 is 14.6. The molecule has 0 saturated heterocycles. The molecule has 106 valence electrons. The van der Waals surface area contributed by atoms with Crippen LogP contribution in [-0.2, 0) is 14.2 Å². The highest BCUT2D eigenvalue weighted by Gasteiger charge is 1.84. The van der Waals surface area contributed by atoms with Crippen LogP contribution in [0.15, 0.2) is 0 Å². The second-order valence-corrected chi connectivity index (χ2v) is 4.01. The minimum absolute atomic E-state index is 0.653. The van der Waals surface area contributed by atoms with Crippen molar-refractivity contribution >= 4 is 0 Å². The van der Waals surface area contributed by atoms with Crippen LogP contribution in [0.4, 0.5) is 0 Å². The average Bonchev–Trinajstić information content (AvgIpc) is 2.36. The fourth-order valence-electron chi connectivity index (χ4n) is 1.24. The van der Waals surface area contributed by atoms with Crippen LogP contribution in [0.25, 0.3) is 0 Å². The smallest absolute Gasteiger partial charge is 0.0701 e. The lowest BCUT2D eigenvalue weighted by atomic mass is 10.1. The van der Waals surface area contributed by atoms with E-state index < -0.39 is 0 Å². The van der Waals surface area contributed by atoms with Gasteiger partial charge in [0.25, 0.3) is 0 Å². The average molecular weight is 248 g/mol. The molecule has 17 heavy (non-hydrogen) atoms. The van der Waals surface area contributed by atoms with E-state index in [2.05, 4.69) is 13.8 Å². The summed E-state index contributed by atoms with van der Waals surface area (Å²) in [5, 5.41) is 0. The molecule has 0 aromatic rings. The molecule has 0 amide bonds. The van der Waals surface area contributed by atoms with Gasteiger partial charge in [-0.2, -0.15) is 0 Å². The molecule has 0 bridgehead atoms. The van der Waals surface area contributed by atoms with Crippen molar-refractivity contribution in [1.82, 2.24) is 0 Å². The Morgan fingerprint density at radius 1 is 0.588 bits per heavy atom. The minimum atomic E-state index is 0.653. The summed E-state index contributed by atoms with van der Waals surface area (Å²) in [6.07, 6.45) is 8.49. The summed E-state index contributed by atoms with van der Waals surface area (Å²) in [6, 6.07) is 0. The Morgan fingerprint density at radius 2 is 1.00 bits per heavy atom. The lowest BCUT2D eigenvalue weighted by Gasteiger charge is -2.00. The molecule has 3 heteroatoms. The maximum absolute atomic E-state index is 5.06. The molecule has 0 saturated carbocycles. The Morgan fingerprint density at radius 3 is 1.29 bits per heavy atom. The van der Waals surface area contributed by atoms with Gasteiger partial charge in [-0.1, -0.05) is 52.4 Å². The van der Waals surface area contributed by atoms with Crippen molar-refractivity contribution in [3.63, 3.8) is 0 Å². The van der Waals surface area contributed by atoms with E-state index in [0.717, 1.165) is 0 Å². The number of hydrogen-bond donors (Lipinski definition) is 0. The predicted octanol–water partition coefficient (Wildman–Crippen LogP) is 3.66. The van der Waals surface area contributed by atoms with E-state index in [0.29, 0.717) is 26.4 Å². The zero-order valence-corrected chi connectivity index (χ0v) is 12.3. The quantitative estimate of drug-likeness (QED) is 0.522. The summed E-state index contributed by atoms with van der Waals surface area (Å²) >= 11 is 0. The van der Waals surface area contributed by atoms with Gasteiger partial charge >= 0.3 is 0 Å². The van der Waals surface area contributed by atoms with Gasteiger partial charge in [-0.05, 0) is 0 Å². The van der Waals surface area contributed by atoms with Crippen molar-refractivity contribution in [2.45, 2.75) is 52.4 Å². The Hall–Kier alpha value is -0.120. The molecule has 0 aromatic heterocycles. The van der Waals surface area contributed by atoms with Crippen LogP contribution < -0.4 is 0 Å². The third-order valence-corrected chi connectivity index (χ3v) is 2.32. The van der Waals surface area contributed by atoms with Crippen LogP contribution in [0.2, 0.25) is 0 Å². The summed E-state index contributed by atoms with van der Waals surface area (Å²) in [6.45, 7) is 7.13. The Bertz CT molecular complexity index is 95.6. The SMILES string of the molecule is CCCCCCCC.COCCOCCOC. The number of methoxy groups -OCH3 is 2. The van der Waals surface area contributed by atoms with Crippen LogP contribution in [0.5, 0.6) is 0 Å². The van der Waals surface area contributed by atoms with Crippen molar-refractivity contribution in [2.24, 2.45) is 0 Å². The van der Waals surface area contributed by atoms with Gasteiger partial charge in [-0.3, -0.25) is 0 Å². The van der Waals surface area contributed by atoms with Gasteiger partial charge in [0.15, 0.2) is 0 Å². The Balaban J connectivity index is 0. The van der Waals surface area contributed by atoms with Gasteiger partial charge in [-0.15, -0.1) is 0 Å². The fourth-order valence-corrected chi connectivity index (χ4v) is 1.24. The first kappa shape index (κ1) is 19.2. The summed E-state index contributed by atoms with van der Waals surface area (Å²) in [7, 11) is 3.30. The van der Waals surface area contributed by atoms with Crippen molar-refractivity contribution < 1.29 is 14.2 Å². The van der Waals surface area contributed by atoms with E-state index >= 15 is 0 Å². The maximum atomic E-state index is 5.06. The monoisotopic (exact) mass is 248 g/mol. The largest absolute Gasteiger partial charge is 0.382 e. The van der Waals surface area contributed by atoms with Crippen LogP contribution in [0, 0.1) is 0 Å². The standard InChI is InChI=1S/C8H18.C6H14O3/c1-3-5-7-8-6-4-2;1-7-3-5-9-6-4-8-2/h3-8H2,1-2H3;3-6H2,1-2H3. The first-order valence-corrected chi connectivity index (χ1v) is 6.89. The van der Waals surface area contributed by atoms with E-state index in [9.17, 15) is 0 Å². The summed E-state index contributed by atoms with van der Waals surface area (Å²) in [5.74, 6) is 0. The molecule has 0 atom stereocenters. The van der Waals surface area contributed by atoms with E-state index in [1.165, 1.54) is 38.5 Å². The van der Waals surface area contributed by atoms with Crippen LogP contribution >= 0.6 is 0 Å². The highest BCUT2D eigenvalue weighted by atomic mass is 16.5. The molecule has 0 radical (unpaired) electrons. The van der Waals surface area contributed by atoms with Gasteiger partial charge in [-0.25, -0.2) is 0 Å². The third-order valence-electron chi connectivity index (χ3n) is 2.32. The van der Waals surface area contributed by atoms with Crippen molar-refractivity contribution in [2.75, 3.05) is 40.6 Å². The third kappa shape index (κ3) is 25.8. The molecular formula is C14H32O3. The zero-order chi connectivity index (χ0) is 13.2. The molecule has 0 fully saturated rings. The first-order chi connectivity index (χ1) is 8.33. The van der Waals surface area contributed by atoms with Gasteiger partial charge < -0.3 is 14.2 Å². The number of unbranched alkanes of at least 4 members (excludes halogenated alkanes) is 5. The minimum Gasteiger partial charge on any atom is -0.382 e. The molecular weight excluding hydrogens is 216 g/mol. The van der Waals surface area contributed by atoms with Gasteiger partial charge in [0.2, 0.25) is 0 Å². The van der Waals surface area contributed by atoms with Crippen molar-refractivity contribution in [1.29, 1.82) is 0 Å². The topological polar surface area (TPSA) is 27.7 Å². The van der Waals surface area contributed by atoms with Crippen LogP contribution in [0.3, 0.4) is 0 Å². The molecule has 0 aliphatic carbocycles. The van der Waals surface area contributed by atoms with E-state index in [-0.39, 0.29) is 0 Å². The number of hydrogen-bond acceptors (Lipinski definition) is 3. The van der Waals surface area contributed by atoms with E-state index in [4.69, 9.17) is 14.2 Å². The number of rotatable bonds is 11. The van der Waals surface area contributed by atoms with Crippen molar-refractivity contribution in [3.8, 4) is 0 Å². The fraction of sp³-hybridized carbons (Fsp3) is 1.00. The first-order valence-electron chi connectivity index (χ1n) is 6.89. The van der Waals surface area contributed by atoms with Crippen LogP contribution in [0.1, 0.15) is 52.4 Å². The summed E-state index contributed by atoms with van der Waals surface area (Å²) in [5.41, 5.74) is 0. The molecule has 0 spiro atoms. The van der Waals surface area contributed by atoms with Gasteiger partial charge in [0, 0.05) is 14.2 Å². The molecule has 0 N–H and O–H groups in total. The molecule has 0 heterocycles. The maximum Gasteiger partial charge on any atom is 0.0701 e. The Kier molecular flexibility index (Phi) is 24.0. The second-order valence-electron chi connectivity index (χ2n) is 4.01. The lowest BCUT2D eigenvalue weighted by Crippen LogP contribution is -2.06. The molecule has 0 aliphatic heterocycles. The highest BCUT2D eigenvalue weighted by Crippen LogP contribution is 2.03. The predicted molar refractivity (Wildman–Crippen MR) is 73.6 cm³/mol. The highest BCUT2D eigenvalue weighted by molar-refractivity contribution is 4.39. The molecule has 0 unspecified atom stereocenters. The zero-order valence-electron chi connectivity index (χ0n) is 12.3. The lowest BCUT2D eigenvalue weighted by molar-refractivity contribution is 0.0385. The van der Waals surface area contributed by atoms with Crippen LogP contribution in [-0.4, -0.2) is 40.6 Å². The molecule has 3 nitrogen and oxygen atoms in total. The van der Waals surface area contributed by atoms with Gasteiger partial charge in [0.05, 0.1) is 26.4 Å². The summed E-state index contributed by atoms with van der Waals surface area (Å²) in [4.78, 5) is 0. The van der Waals surface area contributed by atoms with Crippen molar-refractivity contribution in [3.05, 3.63) is 0 Å². The van der Waals surface area contributed by atoms with E-state index in [1.807, 2.05) is 0 Å². The second kappa shape index (κ2) is 21.2. The van der Waals surface area contributed by atoms with E-state index in [1.54, 1.807) is 14.2 Å². The number of ether oxygens (including phenoxy) is 3.